The van der Waals surface area contributed by atoms with Gasteiger partial charge in [0.25, 0.3) is 0 Å². The van der Waals surface area contributed by atoms with Crippen molar-refractivity contribution in [3.63, 3.8) is 0 Å². The molecule has 3 aromatic rings. The fourth-order valence-electron chi connectivity index (χ4n) is 2.34. The van der Waals surface area contributed by atoms with Crippen LogP contribution in [-0.4, -0.2) is 5.04 Å². The molecule has 0 aromatic heterocycles. The first-order valence-electron chi connectivity index (χ1n) is 6.32. The van der Waals surface area contributed by atoms with Gasteiger partial charge in [-0.2, -0.15) is 0 Å². The van der Waals surface area contributed by atoms with Crippen molar-refractivity contribution in [2.75, 3.05) is 0 Å². The number of benzene rings is 3. The average Bonchev–Trinajstić information content (AvgIpc) is 2.42. The van der Waals surface area contributed by atoms with Crippen molar-refractivity contribution in [3.05, 3.63) is 60.2 Å². The molecule has 0 aliphatic heterocycles. The van der Waals surface area contributed by atoms with Crippen LogP contribution in [0.4, 0.5) is 0 Å². The van der Waals surface area contributed by atoms with Crippen LogP contribution < -0.4 is 0 Å². The summed E-state index contributed by atoms with van der Waals surface area (Å²) in [5, 5.41) is 13.3. The Morgan fingerprint density at radius 3 is 2.37 bits per heavy atom. The number of rotatable bonds is 2. The standard InChI is InChI=1S/C17H15NS/c1-12(18)19-11-16-8-4-7-15-9-13-5-2-3-6-14(13)10-17(15)16/h2-10,18H,11H2,1H3. The smallest absolute Gasteiger partial charge is 0.0613 e. The second kappa shape index (κ2) is 5.06. The van der Waals surface area contributed by atoms with Gasteiger partial charge in [0, 0.05) is 5.75 Å². The number of fused-ring (bicyclic) bond motifs is 2. The molecule has 0 amide bonds. The van der Waals surface area contributed by atoms with Crippen molar-refractivity contribution in [3.8, 4) is 0 Å². The molecule has 0 heterocycles. The third-order valence-electron chi connectivity index (χ3n) is 3.28. The van der Waals surface area contributed by atoms with Crippen LogP contribution in [0, 0.1) is 5.41 Å². The zero-order valence-electron chi connectivity index (χ0n) is 10.8. The highest BCUT2D eigenvalue weighted by molar-refractivity contribution is 8.13. The number of thioether (sulfide) groups is 1. The van der Waals surface area contributed by atoms with E-state index in [0.29, 0.717) is 5.04 Å². The van der Waals surface area contributed by atoms with Gasteiger partial charge < -0.3 is 0 Å². The van der Waals surface area contributed by atoms with Crippen LogP contribution in [0.25, 0.3) is 21.5 Å². The molecule has 0 bridgehead atoms. The van der Waals surface area contributed by atoms with E-state index in [0.717, 1.165) is 5.75 Å². The van der Waals surface area contributed by atoms with Gasteiger partial charge in [0.2, 0.25) is 0 Å². The Morgan fingerprint density at radius 2 is 1.63 bits per heavy atom. The summed E-state index contributed by atoms with van der Waals surface area (Å²) in [6, 6.07) is 19.4. The quantitative estimate of drug-likeness (QED) is 0.383. The van der Waals surface area contributed by atoms with Crippen molar-refractivity contribution in [1.82, 2.24) is 0 Å². The van der Waals surface area contributed by atoms with Crippen LogP contribution in [0.3, 0.4) is 0 Å². The summed E-state index contributed by atoms with van der Waals surface area (Å²) in [4.78, 5) is 0. The van der Waals surface area contributed by atoms with E-state index in [-0.39, 0.29) is 0 Å². The van der Waals surface area contributed by atoms with Crippen molar-refractivity contribution in [1.29, 1.82) is 5.41 Å². The van der Waals surface area contributed by atoms with E-state index in [4.69, 9.17) is 5.41 Å². The van der Waals surface area contributed by atoms with Gasteiger partial charge in [0.1, 0.15) is 0 Å². The second-order valence-corrected chi connectivity index (χ2v) is 5.87. The largest absolute Gasteiger partial charge is 0.299 e. The van der Waals surface area contributed by atoms with Crippen LogP contribution in [0.5, 0.6) is 0 Å². The van der Waals surface area contributed by atoms with E-state index in [1.54, 1.807) is 11.8 Å². The van der Waals surface area contributed by atoms with Crippen LogP contribution in [0.2, 0.25) is 0 Å². The lowest BCUT2D eigenvalue weighted by atomic mass is 10.0. The van der Waals surface area contributed by atoms with Gasteiger partial charge in [-0.1, -0.05) is 42.5 Å². The summed E-state index contributed by atoms with van der Waals surface area (Å²) < 4.78 is 0. The summed E-state index contributed by atoms with van der Waals surface area (Å²) in [5.41, 5.74) is 1.31. The van der Waals surface area contributed by atoms with Crippen molar-refractivity contribution in [2.45, 2.75) is 12.7 Å². The van der Waals surface area contributed by atoms with E-state index in [2.05, 4.69) is 54.6 Å². The molecule has 0 radical (unpaired) electrons. The lowest BCUT2D eigenvalue weighted by Crippen LogP contribution is -1.87. The Labute approximate surface area is 117 Å². The molecule has 0 aliphatic carbocycles. The molecule has 3 aromatic carbocycles. The molecular weight excluding hydrogens is 250 g/mol. The number of nitrogens with one attached hydrogen (secondary N) is 1. The average molecular weight is 265 g/mol. The van der Waals surface area contributed by atoms with Crippen LogP contribution in [-0.2, 0) is 5.75 Å². The van der Waals surface area contributed by atoms with Crippen LogP contribution in [0.1, 0.15) is 12.5 Å². The number of hydrogen-bond acceptors (Lipinski definition) is 2. The zero-order valence-corrected chi connectivity index (χ0v) is 11.6. The van der Waals surface area contributed by atoms with E-state index in [9.17, 15) is 0 Å². The molecule has 0 saturated heterocycles. The highest BCUT2D eigenvalue weighted by atomic mass is 32.2. The van der Waals surface area contributed by atoms with Gasteiger partial charge in [0.05, 0.1) is 5.04 Å². The first-order chi connectivity index (χ1) is 9.24. The third kappa shape index (κ3) is 2.49. The molecular formula is C17H15NS. The maximum absolute atomic E-state index is 7.55. The van der Waals surface area contributed by atoms with E-state index in [1.165, 1.54) is 27.1 Å². The second-order valence-electron chi connectivity index (χ2n) is 4.68. The predicted molar refractivity (Wildman–Crippen MR) is 86.1 cm³/mol. The predicted octanol–water partition coefficient (Wildman–Crippen LogP) is 5.22. The highest BCUT2D eigenvalue weighted by Gasteiger charge is 2.03. The molecule has 2 heteroatoms. The molecule has 0 aliphatic rings. The van der Waals surface area contributed by atoms with Crippen molar-refractivity contribution >= 4 is 38.4 Å². The van der Waals surface area contributed by atoms with Crippen molar-refractivity contribution < 1.29 is 0 Å². The first-order valence-corrected chi connectivity index (χ1v) is 7.31. The number of hydrogen-bond donors (Lipinski definition) is 1. The normalized spacial score (nSPS) is 11.0. The Hall–Kier alpha value is -1.80. The molecule has 1 nitrogen and oxygen atoms in total. The zero-order chi connectivity index (χ0) is 13.2. The molecule has 1 N–H and O–H groups in total. The van der Waals surface area contributed by atoms with E-state index >= 15 is 0 Å². The lowest BCUT2D eigenvalue weighted by molar-refractivity contribution is 1.47. The highest BCUT2D eigenvalue weighted by Crippen LogP contribution is 2.27. The van der Waals surface area contributed by atoms with Gasteiger partial charge in [-0.25, -0.2) is 0 Å². The molecule has 0 saturated carbocycles. The van der Waals surface area contributed by atoms with Gasteiger partial charge in [-0.3, -0.25) is 5.41 Å². The van der Waals surface area contributed by atoms with Gasteiger partial charge in [-0.15, -0.1) is 11.8 Å². The monoisotopic (exact) mass is 265 g/mol. The van der Waals surface area contributed by atoms with Crippen molar-refractivity contribution in [2.24, 2.45) is 0 Å². The summed E-state index contributed by atoms with van der Waals surface area (Å²) in [7, 11) is 0. The minimum Gasteiger partial charge on any atom is -0.299 e. The van der Waals surface area contributed by atoms with Crippen LogP contribution in [0.15, 0.2) is 54.6 Å². The Kier molecular flexibility index (Phi) is 3.26. The fourth-order valence-corrected chi connectivity index (χ4v) is 2.97. The maximum atomic E-state index is 7.55. The summed E-state index contributed by atoms with van der Waals surface area (Å²) >= 11 is 1.59. The van der Waals surface area contributed by atoms with Gasteiger partial charge >= 0.3 is 0 Å². The third-order valence-corrected chi connectivity index (χ3v) is 4.17. The molecule has 3 rings (SSSR count). The van der Waals surface area contributed by atoms with Gasteiger partial charge in [-0.05, 0) is 46.2 Å². The summed E-state index contributed by atoms with van der Waals surface area (Å²) in [6.45, 7) is 1.84. The minimum atomic E-state index is 0.665. The molecule has 94 valence electrons. The summed E-state index contributed by atoms with van der Waals surface area (Å²) in [5.74, 6) is 0.866. The topological polar surface area (TPSA) is 23.9 Å². The van der Waals surface area contributed by atoms with E-state index < -0.39 is 0 Å². The lowest BCUT2D eigenvalue weighted by Gasteiger charge is -2.08. The van der Waals surface area contributed by atoms with Crippen LogP contribution >= 0.6 is 11.8 Å². The SMILES string of the molecule is CC(=N)SCc1cccc2cc3ccccc3cc12. The minimum absolute atomic E-state index is 0.665. The first kappa shape index (κ1) is 12.2. The molecule has 0 spiro atoms. The Morgan fingerprint density at radius 1 is 0.947 bits per heavy atom. The molecule has 0 fully saturated rings. The Balaban J connectivity index is 2.17. The van der Waals surface area contributed by atoms with Gasteiger partial charge in [0.15, 0.2) is 0 Å². The molecule has 0 unspecified atom stereocenters. The molecule has 0 atom stereocenters. The maximum Gasteiger partial charge on any atom is 0.0613 e. The van der Waals surface area contributed by atoms with E-state index in [1.807, 2.05) is 6.92 Å². The Bertz CT molecular complexity index is 761. The molecule has 19 heavy (non-hydrogen) atoms. The fraction of sp³-hybridized carbons (Fsp3) is 0.118. The summed E-state index contributed by atoms with van der Waals surface area (Å²) in [6.07, 6.45) is 0.